The van der Waals surface area contributed by atoms with E-state index in [-0.39, 0.29) is 11.3 Å². The molecular formula is C13H26N2O2S. The van der Waals surface area contributed by atoms with Crippen LogP contribution in [0.15, 0.2) is 0 Å². The molecule has 5 heteroatoms. The molecule has 0 aromatic carbocycles. The number of likely N-dealkylation sites (tertiary alicyclic amines) is 1. The highest BCUT2D eigenvalue weighted by atomic mass is 32.2. The second-order valence-electron chi connectivity index (χ2n) is 6.48. The average Bonchev–Trinajstić information content (AvgIpc) is 2.61. The minimum absolute atomic E-state index is 0.250. The summed E-state index contributed by atoms with van der Waals surface area (Å²) in [6, 6.07) is 0.429. The van der Waals surface area contributed by atoms with E-state index in [0.717, 1.165) is 6.54 Å². The van der Waals surface area contributed by atoms with Crippen LogP contribution in [0.5, 0.6) is 0 Å². The number of nitrogens with zero attached hydrogens (tertiary/aromatic N) is 1. The normalized spacial score (nSPS) is 45.2. The first-order valence-corrected chi connectivity index (χ1v) is 8.79. The molecule has 2 fully saturated rings. The SMILES string of the molecule is CC1CC(C)C(C)N(C2(CN)CCS(=O)(=O)C2)C1. The van der Waals surface area contributed by atoms with Crippen LogP contribution in [0, 0.1) is 11.8 Å². The van der Waals surface area contributed by atoms with E-state index >= 15 is 0 Å². The maximum Gasteiger partial charge on any atom is 0.152 e. The Kier molecular flexibility index (Phi) is 3.78. The molecule has 2 rings (SSSR count). The van der Waals surface area contributed by atoms with Gasteiger partial charge in [-0.3, -0.25) is 4.90 Å². The summed E-state index contributed by atoms with van der Waals surface area (Å²) < 4.78 is 23.7. The Hall–Kier alpha value is -0.130. The second-order valence-corrected chi connectivity index (χ2v) is 8.67. The van der Waals surface area contributed by atoms with Crippen molar-refractivity contribution in [3.05, 3.63) is 0 Å². The maximum atomic E-state index is 11.8. The maximum absolute atomic E-state index is 11.8. The van der Waals surface area contributed by atoms with Crippen LogP contribution in [0.1, 0.15) is 33.6 Å². The Morgan fingerprint density at radius 3 is 2.50 bits per heavy atom. The van der Waals surface area contributed by atoms with Gasteiger partial charge in [-0.2, -0.15) is 0 Å². The third-order valence-electron chi connectivity index (χ3n) is 4.95. The minimum Gasteiger partial charge on any atom is -0.329 e. The van der Waals surface area contributed by atoms with Gasteiger partial charge in [0, 0.05) is 24.7 Å². The summed E-state index contributed by atoms with van der Waals surface area (Å²) in [6.07, 6.45) is 1.93. The molecule has 2 N–H and O–H groups in total. The largest absolute Gasteiger partial charge is 0.329 e. The van der Waals surface area contributed by atoms with E-state index in [0.29, 0.717) is 36.6 Å². The molecule has 0 aromatic rings. The van der Waals surface area contributed by atoms with Crippen LogP contribution < -0.4 is 5.73 Å². The van der Waals surface area contributed by atoms with E-state index in [9.17, 15) is 8.42 Å². The highest BCUT2D eigenvalue weighted by molar-refractivity contribution is 7.91. The molecule has 0 amide bonds. The Bertz CT molecular complexity index is 409. The van der Waals surface area contributed by atoms with Gasteiger partial charge in [-0.15, -0.1) is 0 Å². The smallest absolute Gasteiger partial charge is 0.152 e. The summed E-state index contributed by atoms with van der Waals surface area (Å²) in [5, 5.41) is 0. The Balaban J connectivity index is 2.27. The molecule has 18 heavy (non-hydrogen) atoms. The van der Waals surface area contributed by atoms with Crippen LogP contribution in [0.25, 0.3) is 0 Å². The number of hydrogen-bond donors (Lipinski definition) is 1. The zero-order valence-electron chi connectivity index (χ0n) is 11.7. The number of hydrogen-bond acceptors (Lipinski definition) is 4. The Morgan fingerprint density at radius 1 is 1.33 bits per heavy atom. The van der Waals surface area contributed by atoms with E-state index < -0.39 is 9.84 Å². The van der Waals surface area contributed by atoms with E-state index in [1.807, 2.05) is 0 Å². The summed E-state index contributed by atoms with van der Waals surface area (Å²) in [6.45, 7) is 8.18. The van der Waals surface area contributed by atoms with E-state index in [4.69, 9.17) is 5.73 Å². The zero-order chi connectivity index (χ0) is 13.6. The summed E-state index contributed by atoms with van der Waals surface area (Å²) in [5.74, 6) is 1.79. The standard InChI is InChI=1S/C13H26N2O2S/c1-10-6-11(2)12(3)15(7-10)13(8-14)4-5-18(16,17)9-13/h10-12H,4-9,14H2,1-3H3. The van der Waals surface area contributed by atoms with Crippen LogP contribution in [-0.4, -0.2) is 49.5 Å². The summed E-state index contributed by atoms with van der Waals surface area (Å²) in [5.41, 5.74) is 5.66. The lowest BCUT2D eigenvalue weighted by molar-refractivity contribution is -0.00331. The van der Waals surface area contributed by atoms with Gasteiger partial charge < -0.3 is 5.73 Å². The quantitative estimate of drug-likeness (QED) is 0.811. The summed E-state index contributed by atoms with van der Waals surface area (Å²) in [7, 11) is -2.90. The minimum atomic E-state index is -2.90. The number of sulfone groups is 1. The first-order valence-electron chi connectivity index (χ1n) is 6.97. The monoisotopic (exact) mass is 274 g/mol. The van der Waals surface area contributed by atoms with Crippen LogP contribution in [0.2, 0.25) is 0 Å². The first kappa shape index (κ1) is 14.3. The predicted molar refractivity (Wildman–Crippen MR) is 74.2 cm³/mol. The molecular weight excluding hydrogens is 248 g/mol. The molecule has 2 aliphatic rings. The first-order chi connectivity index (χ1) is 8.30. The van der Waals surface area contributed by atoms with E-state index in [1.54, 1.807) is 0 Å². The number of rotatable bonds is 2. The van der Waals surface area contributed by atoms with Gasteiger partial charge in [0.25, 0.3) is 0 Å². The topological polar surface area (TPSA) is 63.4 Å². The lowest BCUT2D eigenvalue weighted by atomic mass is 9.81. The van der Waals surface area contributed by atoms with Gasteiger partial charge in [0.15, 0.2) is 9.84 Å². The molecule has 4 nitrogen and oxygen atoms in total. The van der Waals surface area contributed by atoms with Gasteiger partial charge in [0.2, 0.25) is 0 Å². The van der Waals surface area contributed by atoms with Crippen molar-refractivity contribution in [3.8, 4) is 0 Å². The highest BCUT2D eigenvalue weighted by Gasteiger charge is 2.49. The number of piperidine rings is 1. The van der Waals surface area contributed by atoms with Crippen molar-refractivity contribution in [3.63, 3.8) is 0 Å². The van der Waals surface area contributed by atoms with Crippen molar-refractivity contribution in [1.29, 1.82) is 0 Å². The highest BCUT2D eigenvalue weighted by Crippen LogP contribution is 2.37. The summed E-state index contributed by atoms with van der Waals surface area (Å²) >= 11 is 0. The zero-order valence-corrected chi connectivity index (χ0v) is 12.5. The molecule has 4 atom stereocenters. The van der Waals surface area contributed by atoms with Crippen molar-refractivity contribution in [2.75, 3.05) is 24.6 Å². The molecule has 0 aromatic heterocycles. The Morgan fingerprint density at radius 2 is 2.00 bits per heavy atom. The molecule has 0 bridgehead atoms. The third-order valence-corrected chi connectivity index (χ3v) is 6.76. The average molecular weight is 274 g/mol. The second kappa shape index (κ2) is 4.76. The third kappa shape index (κ3) is 2.45. The molecule has 0 saturated carbocycles. The molecule has 2 saturated heterocycles. The predicted octanol–water partition coefficient (Wildman–Crippen LogP) is 0.869. The Labute approximate surface area is 111 Å². The molecule has 0 aliphatic carbocycles. The van der Waals surface area contributed by atoms with E-state index in [2.05, 4.69) is 25.7 Å². The fourth-order valence-corrected chi connectivity index (χ4v) is 5.83. The fourth-order valence-electron chi connectivity index (χ4n) is 3.74. The van der Waals surface area contributed by atoms with Crippen LogP contribution in [0.4, 0.5) is 0 Å². The van der Waals surface area contributed by atoms with Crippen molar-refractivity contribution in [2.45, 2.75) is 45.2 Å². The van der Waals surface area contributed by atoms with Crippen molar-refractivity contribution in [2.24, 2.45) is 17.6 Å². The molecule has 2 heterocycles. The van der Waals surface area contributed by atoms with Gasteiger partial charge in [-0.1, -0.05) is 13.8 Å². The lowest BCUT2D eigenvalue weighted by Gasteiger charge is -2.50. The molecule has 4 unspecified atom stereocenters. The van der Waals surface area contributed by atoms with Gasteiger partial charge in [-0.25, -0.2) is 8.42 Å². The molecule has 0 radical (unpaired) electrons. The van der Waals surface area contributed by atoms with Gasteiger partial charge >= 0.3 is 0 Å². The summed E-state index contributed by atoms with van der Waals surface area (Å²) in [4.78, 5) is 2.40. The van der Waals surface area contributed by atoms with Crippen LogP contribution >= 0.6 is 0 Å². The van der Waals surface area contributed by atoms with Crippen molar-refractivity contribution < 1.29 is 8.42 Å². The molecule has 2 aliphatic heterocycles. The van der Waals surface area contributed by atoms with Gasteiger partial charge in [0.1, 0.15) is 0 Å². The lowest BCUT2D eigenvalue weighted by Crippen LogP contribution is -2.62. The van der Waals surface area contributed by atoms with Crippen molar-refractivity contribution in [1.82, 2.24) is 4.90 Å². The fraction of sp³-hybridized carbons (Fsp3) is 1.00. The van der Waals surface area contributed by atoms with E-state index in [1.165, 1.54) is 6.42 Å². The molecule has 0 spiro atoms. The van der Waals surface area contributed by atoms with Crippen molar-refractivity contribution >= 4 is 9.84 Å². The molecule has 106 valence electrons. The van der Waals surface area contributed by atoms with Gasteiger partial charge in [0.05, 0.1) is 11.5 Å². The van der Waals surface area contributed by atoms with Gasteiger partial charge in [-0.05, 0) is 31.6 Å². The van der Waals surface area contributed by atoms with Crippen LogP contribution in [-0.2, 0) is 9.84 Å². The van der Waals surface area contributed by atoms with Crippen LogP contribution in [0.3, 0.4) is 0 Å². The number of nitrogens with two attached hydrogens (primary N) is 1.